The summed E-state index contributed by atoms with van der Waals surface area (Å²) < 4.78 is 0. The van der Waals surface area contributed by atoms with Crippen LogP contribution in [-0.4, -0.2) is 24.6 Å². The van der Waals surface area contributed by atoms with Crippen LogP contribution >= 0.6 is 7.26 Å². The van der Waals surface area contributed by atoms with Gasteiger partial charge in [0.2, 0.25) is 0 Å². The van der Waals surface area contributed by atoms with Gasteiger partial charge in [0.25, 0.3) is 0 Å². The molecule has 0 unspecified atom stereocenters. The van der Waals surface area contributed by atoms with Crippen molar-refractivity contribution in [2.75, 3.05) is 24.6 Å². The van der Waals surface area contributed by atoms with Gasteiger partial charge < -0.3 is 0 Å². The minimum atomic E-state index is -1.09. The van der Waals surface area contributed by atoms with E-state index in [0.29, 0.717) is 0 Å². The third-order valence-electron chi connectivity index (χ3n) is 7.30. The summed E-state index contributed by atoms with van der Waals surface area (Å²) in [4.78, 5) is 0. The van der Waals surface area contributed by atoms with Gasteiger partial charge in [-0.15, -0.1) is 0 Å². The van der Waals surface area contributed by atoms with Crippen LogP contribution in [0.3, 0.4) is 0 Å². The first-order chi connectivity index (χ1) is 15.0. The topological polar surface area (TPSA) is 0 Å². The molecule has 0 aliphatic carbocycles. The molecular weight excluding hydrogens is 391 g/mol. The standard InChI is InChI=1S/C30H65P/c1-7-9-11-13-15-17-19-21-23-25-31(27-29(3)4,28-30(5)6)26-24-22-20-18-16-14-12-10-8-2/h29-31H,7-28H2,1-6H3. The summed E-state index contributed by atoms with van der Waals surface area (Å²) in [5.41, 5.74) is 0. The Morgan fingerprint density at radius 1 is 0.387 bits per heavy atom. The van der Waals surface area contributed by atoms with E-state index in [0.717, 1.165) is 11.8 Å². The van der Waals surface area contributed by atoms with E-state index in [4.69, 9.17) is 0 Å². The predicted molar refractivity (Wildman–Crippen MR) is 152 cm³/mol. The van der Waals surface area contributed by atoms with Crippen LogP contribution in [-0.2, 0) is 0 Å². The van der Waals surface area contributed by atoms with Gasteiger partial charge in [-0.2, -0.15) is 0 Å². The molecule has 0 atom stereocenters. The van der Waals surface area contributed by atoms with Gasteiger partial charge in [0.05, 0.1) is 0 Å². The molecule has 0 N–H and O–H groups in total. The van der Waals surface area contributed by atoms with Crippen LogP contribution in [0.15, 0.2) is 0 Å². The molecule has 0 rings (SSSR count). The summed E-state index contributed by atoms with van der Waals surface area (Å²) in [6.07, 6.45) is 33.0. The quantitative estimate of drug-likeness (QED) is 0.1000. The second-order valence-electron chi connectivity index (χ2n) is 11.9. The Morgan fingerprint density at radius 2 is 0.645 bits per heavy atom. The Kier molecular flexibility index (Phi) is 22.5. The average molecular weight is 457 g/mol. The summed E-state index contributed by atoms with van der Waals surface area (Å²) in [5, 5.41) is 0. The van der Waals surface area contributed by atoms with E-state index in [1.54, 1.807) is 24.6 Å². The zero-order valence-corrected chi connectivity index (χ0v) is 24.2. The van der Waals surface area contributed by atoms with Crippen molar-refractivity contribution in [3.8, 4) is 0 Å². The molecule has 0 aromatic rings. The second-order valence-corrected chi connectivity index (χ2v) is 16.7. The molecule has 0 aliphatic rings. The third-order valence-corrected chi connectivity index (χ3v) is 13.5. The van der Waals surface area contributed by atoms with Crippen LogP contribution in [0.1, 0.15) is 157 Å². The Labute approximate surface area is 200 Å². The van der Waals surface area contributed by atoms with E-state index in [1.165, 1.54) is 116 Å². The molecule has 0 saturated heterocycles. The molecule has 0 bridgehead atoms. The molecule has 0 nitrogen and oxygen atoms in total. The molecule has 0 spiro atoms. The van der Waals surface area contributed by atoms with E-state index in [2.05, 4.69) is 41.5 Å². The van der Waals surface area contributed by atoms with Gasteiger partial charge in [-0.3, -0.25) is 0 Å². The molecule has 0 aliphatic heterocycles. The van der Waals surface area contributed by atoms with Crippen molar-refractivity contribution in [1.82, 2.24) is 0 Å². The Morgan fingerprint density at radius 3 is 0.903 bits per heavy atom. The number of hydrogen-bond donors (Lipinski definition) is 0. The van der Waals surface area contributed by atoms with E-state index in [-0.39, 0.29) is 0 Å². The fourth-order valence-electron chi connectivity index (χ4n) is 5.97. The Hall–Kier alpha value is 0.430. The van der Waals surface area contributed by atoms with Crippen molar-refractivity contribution in [3.63, 3.8) is 0 Å². The van der Waals surface area contributed by atoms with Crippen LogP contribution in [0.5, 0.6) is 0 Å². The molecule has 0 amide bonds. The fourth-order valence-corrected chi connectivity index (χ4v) is 12.7. The zero-order valence-electron chi connectivity index (χ0n) is 23.2. The van der Waals surface area contributed by atoms with Gasteiger partial charge in [-0.25, -0.2) is 0 Å². The fraction of sp³-hybridized carbons (Fsp3) is 1.00. The maximum absolute atomic E-state index is 2.49. The van der Waals surface area contributed by atoms with Gasteiger partial charge in [-0.1, -0.05) is 0 Å². The van der Waals surface area contributed by atoms with E-state index < -0.39 is 7.26 Å². The molecule has 0 heterocycles. The van der Waals surface area contributed by atoms with Gasteiger partial charge >= 0.3 is 201 Å². The molecule has 0 fully saturated rings. The summed E-state index contributed by atoms with van der Waals surface area (Å²) in [6, 6.07) is 0. The second kappa shape index (κ2) is 22.2. The van der Waals surface area contributed by atoms with E-state index in [9.17, 15) is 0 Å². The SMILES string of the molecule is CCCCCCCCCCC[PH](CCCCCCCCCCC)(CC(C)C)CC(C)C. The zero-order chi connectivity index (χ0) is 23.2. The van der Waals surface area contributed by atoms with Crippen molar-refractivity contribution in [3.05, 3.63) is 0 Å². The normalized spacial score (nSPS) is 12.9. The van der Waals surface area contributed by atoms with Crippen molar-refractivity contribution in [2.24, 2.45) is 11.8 Å². The summed E-state index contributed by atoms with van der Waals surface area (Å²) >= 11 is 0. The monoisotopic (exact) mass is 456 g/mol. The Balaban J connectivity index is 4.27. The van der Waals surface area contributed by atoms with Crippen molar-refractivity contribution < 1.29 is 0 Å². The summed E-state index contributed by atoms with van der Waals surface area (Å²) in [7, 11) is -1.09. The van der Waals surface area contributed by atoms with E-state index >= 15 is 0 Å². The van der Waals surface area contributed by atoms with Crippen LogP contribution in [0.25, 0.3) is 0 Å². The van der Waals surface area contributed by atoms with Crippen molar-refractivity contribution in [2.45, 2.75) is 157 Å². The molecule has 31 heavy (non-hydrogen) atoms. The predicted octanol–water partition coefficient (Wildman–Crippen LogP) is 11.1. The molecule has 0 saturated carbocycles. The molecule has 0 aromatic heterocycles. The number of hydrogen-bond acceptors (Lipinski definition) is 0. The Bertz CT molecular complexity index is 312. The maximum atomic E-state index is 2.49. The first-order valence-corrected chi connectivity index (χ1v) is 17.8. The van der Waals surface area contributed by atoms with Crippen LogP contribution in [0.4, 0.5) is 0 Å². The molecular formula is C30H65P. The number of unbranched alkanes of at least 4 members (excludes halogenated alkanes) is 16. The van der Waals surface area contributed by atoms with Crippen LogP contribution < -0.4 is 0 Å². The number of rotatable bonds is 24. The molecule has 0 aromatic carbocycles. The third kappa shape index (κ3) is 20.7. The minimum absolute atomic E-state index is 0.905. The first-order valence-electron chi connectivity index (χ1n) is 15.0. The summed E-state index contributed by atoms with van der Waals surface area (Å²) in [5.74, 6) is 1.81. The van der Waals surface area contributed by atoms with Crippen LogP contribution in [0.2, 0.25) is 0 Å². The average Bonchev–Trinajstić information content (AvgIpc) is 2.70. The van der Waals surface area contributed by atoms with Crippen molar-refractivity contribution >= 4 is 7.26 Å². The first kappa shape index (κ1) is 31.4. The van der Waals surface area contributed by atoms with Gasteiger partial charge in [0.15, 0.2) is 0 Å². The van der Waals surface area contributed by atoms with Gasteiger partial charge in [0.1, 0.15) is 0 Å². The van der Waals surface area contributed by atoms with Gasteiger partial charge in [-0.05, 0) is 0 Å². The molecule has 0 radical (unpaired) electrons. The van der Waals surface area contributed by atoms with Gasteiger partial charge in [0, 0.05) is 0 Å². The molecule has 1 heteroatoms. The summed E-state index contributed by atoms with van der Waals surface area (Å²) in [6.45, 7) is 14.6. The molecule has 190 valence electrons. The van der Waals surface area contributed by atoms with Crippen molar-refractivity contribution in [1.29, 1.82) is 0 Å². The van der Waals surface area contributed by atoms with E-state index in [1.807, 2.05) is 0 Å². The van der Waals surface area contributed by atoms with Crippen LogP contribution in [0, 0.1) is 11.8 Å².